The Morgan fingerprint density at radius 3 is 2.70 bits per heavy atom. The molecule has 0 aliphatic rings. The van der Waals surface area contributed by atoms with Crippen LogP contribution in [0.15, 0.2) is 33.2 Å². The van der Waals surface area contributed by atoms with Crippen molar-refractivity contribution in [2.45, 2.75) is 20.0 Å². The Balaban J connectivity index is 1.99. The molecule has 0 unspecified atom stereocenters. The zero-order chi connectivity index (χ0) is 14.7. The van der Waals surface area contributed by atoms with Crippen molar-refractivity contribution < 1.29 is 18.7 Å². The highest BCUT2D eigenvalue weighted by Crippen LogP contribution is 2.18. The monoisotopic (exact) mass is 341 g/mol. The highest BCUT2D eigenvalue weighted by atomic mass is 79.9. The Labute approximate surface area is 123 Å². The minimum absolute atomic E-state index is 0.0776. The van der Waals surface area contributed by atoms with E-state index in [0.29, 0.717) is 18.8 Å². The third kappa shape index (κ3) is 3.46. The van der Waals surface area contributed by atoms with Gasteiger partial charge in [0.2, 0.25) is 5.76 Å². The number of halogens is 2. The van der Waals surface area contributed by atoms with Gasteiger partial charge in [0.15, 0.2) is 0 Å². The minimum Gasteiger partial charge on any atom is -0.475 e. The Bertz CT molecular complexity index is 639. The second kappa shape index (κ2) is 6.19. The highest BCUT2D eigenvalue weighted by molar-refractivity contribution is 9.10. The summed E-state index contributed by atoms with van der Waals surface area (Å²) in [5, 5.41) is 12.0. The SMILES string of the molecule is Cc1oc(C(=O)O)cc1CNCc1cc(F)ccc1Br. The molecule has 0 bridgehead atoms. The van der Waals surface area contributed by atoms with E-state index in [1.165, 1.54) is 18.2 Å². The van der Waals surface area contributed by atoms with E-state index in [1.807, 2.05) is 0 Å². The molecule has 4 nitrogen and oxygen atoms in total. The molecule has 106 valence electrons. The lowest BCUT2D eigenvalue weighted by Crippen LogP contribution is -2.13. The molecule has 0 saturated heterocycles. The van der Waals surface area contributed by atoms with Crippen LogP contribution in [0.5, 0.6) is 0 Å². The first-order valence-electron chi connectivity index (χ1n) is 5.94. The van der Waals surface area contributed by atoms with Crippen LogP contribution in [0, 0.1) is 12.7 Å². The molecule has 0 fully saturated rings. The number of hydrogen-bond donors (Lipinski definition) is 2. The summed E-state index contributed by atoms with van der Waals surface area (Å²) in [5.41, 5.74) is 1.57. The molecule has 1 aromatic carbocycles. The predicted molar refractivity (Wildman–Crippen MR) is 75.0 cm³/mol. The maximum atomic E-state index is 13.1. The number of furan rings is 1. The summed E-state index contributed by atoms with van der Waals surface area (Å²) in [5.74, 6) is -0.899. The lowest BCUT2D eigenvalue weighted by molar-refractivity contribution is 0.0661. The van der Waals surface area contributed by atoms with Gasteiger partial charge in [0.05, 0.1) is 0 Å². The normalized spacial score (nSPS) is 10.8. The highest BCUT2D eigenvalue weighted by Gasteiger charge is 2.12. The summed E-state index contributed by atoms with van der Waals surface area (Å²) in [4.78, 5) is 10.8. The van der Waals surface area contributed by atoms with Gasteiger partial charge in [-0.25, -0.2) is 9.18 Å². The zero-order valence-corrected chi connectivity index (χ0v) is 12.3. The van der Waals surface area contributed by atoms with Crippen LogP contribution in [-0.4, -0.2) is 11.1 Å². The van der Waals surface area contributed by atoms with Crippen molar-refractivity contribution in [3.8, 4) is 0 Å². The van der Waals surface area contributed by atoms with Gasteiger partial charge in [0.25, 0.3) is 0 Å². The Hall–Kier alpha value is -1.66. The van der Waals surface area contributed by atoms with Crippen molar-refractivity contribution in [1.29, 1.82) is 0 Å². The van der Waals surface area contributed by atoms with Crippen LogP contribution in [0.3, 0.4) is 0 Å². The zero-order valence-electron chi connectivity index (χ0n) is 10.7. The Morgan fingerprint density at radius 1 is 1.35 bits per heavy atom. The van der Waals surface area contributed by atoms with Gasteiger partial charge >= 0.3 is 5.97 Å². The summed E-state index contributed by atoms with van der Waals surface area (Å²) in [7, 11) is 0. The second-order valence-electron chi connectivity index (χ2n) is 4.34. The molecule has 0 aliphatic carbocycles. The van der Waals surface area contributed by atoms with Crippen molar-refractivity contribution in [2.24, 2.45) is 0 Å². The van der Waals surface area contributed by atoms with E-state index in [2.05, 4.69) is 21.2 Å². The summed E-state index contributed by atoms with van der Waals surface area (Å²) >= 11 is 3.35. The van der Waals surface area contributed by atoms with Crippen LogP contribution in [0.4, 0.5) is 4.39 Å². The number of aromatic carboxylic acids is 1. The first-order chi connectivity index (χ1) is 9.47. The van der Waals surface area contributed by atoms with Gasteiger partial charge in [-0.2, -0.15) is 0 Å². The molecule has 0 aliphatic heterocycles. The molecular formula is C14H13BrFNO3. The molecule has 2 aromatic rings. The van der Waals surface area contributed by atoms with E-state index >= 15 is 0 Å². The summed E-state index contributed by atoms with van der Waals surface area (Å²) in [6.45, 7) is 2.62. The number of carboxylic acids is 1. The molecule has 2 N–H and O–H groups in total. The standard InChI is InChI=1S/C14H13BrFNO3/c1-8-9(5-13(20-8)14(18)19)6-17-7-10-4-11(16)2-3-12(10)15/h2-5,17H,6-7H2,1H3,(H,18,19). The molecule has 0 amide bonds. The molecule has 0 saturated carbocycles. The van der Waals surface area contributed by atoms with Crippen LogP contribution in [-0.2, 0) is 13.1 Å². The summed E-state index contributed by atoms with van der Waals surface area (Å²) in [6, 6.07) is 5.97. The molecule has 1 aromatic heterocycles. The van der Waals surface area contributed by atoms with Crippen LogP contribution in [0.1, 0.15) is 27.4 Å². The lowest BCUT2D eigenvalue weighted by Gasteiger charge is -2.06. The number of hydrogen-bond acceptors (Lipinski definition) is 3. The largest absolute Gasteiger partial charge is 0.475 e. The van der Waals surface area contributed by atoms with Gasteiger partial charge in [-0.15, -0.1) is 0 Å². The van der Waals surface area contributed by atoms with E-state index in [-0.39, 0.29) is 11.6 Å². The molecule has 20 heavy (non-hydrogen) atoms. The molecule has 6 heteroatoms. The van der Waals surface area contributed by atoms with Gasteiger partial charge in [0.1, 0.15) is 11.6 Å². The van der Waals surface area contributed by atoms with Crippen molar-refractivity contribution >= 4 is 21.9 Å². The maximum Gasteiger partial charge on any atom is 0.371 e. The fraction of sp³-hybridized carbons (Fsp3) is 0.214. The van der Waals surface area contributed by atoms with E-state index in [1.54, 1.807) is 13.0 Å². The van der Waals surface area contributed by atoms with Gasteiger partial charge in [-0.1, -0.05) is 15.9 Å². The topological polar surface area (TPSA) is 62.5 Å². The van der Waals surface area contributed by atoms with Crippen molar-refractivity contribution in [1.82, 2.24) is 5.32 Å². The smallest absolute Gasteiger partial charge is 0.371 e. The number of nitrogens with one attached hydrogen (secondary N) is 1. The number of aryl methyl sites for hydroxylation is 1. The molecule has 1 heterocycles. The van der Waals surface area contributed by atoms with Gasteiger partial charge in [-0.05, 0) is 36.8 Å². The fourth-order valence-corrected chi connectivity index (χ4v) is 2.20. The minimum atomic E-state index is -1.09. The predicted octanol–water partition coefficient (Wildman–Crippen LogP) is 3.48. The average Bonchev–Trinajstić information content (AvgIpc) is 2.76. The quantitative estimate of drug-likeness (QED) is 0.873. The molecule has 0 radical (unpaired) electrons. The average molecular weight is 342 g/mol. The van der Waals surface area contributed by atoms with Gasteiger partial charge in [0, 0.05) is 23.1 Å². The summed E-state index contributed by atoms with van der Waals surface area (Å²) in [6.07, 6.45) is 0. The second-order valence-corrected chi connectivity index (χ2v) is 5.19. The Morgan fingerprint density at radius 2 is 2.05 bits per heavy atom. The molecule has 0 spiro atoms. The van der Waals surface area contributed by atoms with E-state index in [4.69, 9.17) is 9.52 Å². The number of carboxylic acid groups (broad SMARTS) is 1. The van der Waals surface area contributed by atoms with Crippen molar-refractivity contribution in [2.75, 3.05) is 0 Å². The van der Waals surface area contributed by atoms with Crippen LogP contribution in [0.25, 0.3) is 0 Å². The molecule has 2 rings (SSSR count). The van der Waals surface area contributed by atoms with Crippen LogP contribution < -0.4 is 5.32 Å². The Kier molecular flexibility index (Phi) is 4.57. The third-order valence-electron chi connectivity index (χ3n) is 2.87. The number of benzene rings is 1. The molecule has 0 atom stereocenters. The van der Waals surface area contributed by atoms with Crippen molar-refractivity contribution in [3.05, 3.63) is 57.2 Å². The van der Waals surface area contributed by atoms with Crippen LogP contribution in [0.2, 0.25) is 0 Å². The van der Waals surface area contributed by atoms with E-state index in [0.717, 1.165) is 15.6 Å². The summed E-state index contributed by atoms with van der Waals surface area (Å²) < 4.78 is 19.1. The van der Waals surface area contributed by atoms with E-state index < -0.39 is 5.97 Å². The van der Waals surface area contributed by atoms with Gasteiger partial charge < -0.3 is 14.8 Å². The lowest BCUT2D eigenvalue weighted by atomic mass is 10.2. The number of rotatable bonds is 5. The van der Waals surface area contributed by atoms with Crippen LogP contribution >= 0.6 is 15.9 Å². The van der Waals surface area contributed by atoms with E-state index in [9.17, 15) is 9.18 Å². The maximum absolute atomic E-state index is 13.1. The number of carbonyl (C=O) groups is 1. The first-order valence-corrected chi connectivity index (χ1v) is 6.74. The fourth-order valence-electron chi connectivity index (χ4n) is 1.81. The first kappa shape index (κ1) is 14.7. The third-order valence-corrected chi connectivity index (χ3v) is 3.64. The van der Waals surface area contributed by atoms with Gasteiger partial charge in [-0.3, -0.25) is 0 Å². The van der Waals surface area contributed by atoms with Crippen molar-refractivity contribution in [3.63, 3.8) is 0 Å². The molecular weight excluding hydrogens is 329 g/mol.